The van der Waals surface area contributed by atoms with Crippen LogP contribution < -0.4 is 5.32 Å². The van der Waals surface area contributed by atoms with Crippen molar-refractivity contribution in [1.29, 1.82) is 0 Å². The topological polar surface area (TPSA) is 32.3 Å². The number of hydrogen-bond acceptors (Lipinski definition) is 2. The van der Waals surface area contributed by atoms with E-state index in [1.807, 2.05) is 0 Å². The molecule has 1 N–H and O–H groups in total. The molecule has 0 radical (unpaired) electrons. The number of likely N-dealkylation sites (tertiary alicyclic amines) is 1. The van der Waals surface area contributed by atoms with Crippen LogP contribution in [0.15, 0.2) is 24.3 Å². The lowest BCUT2D eigenvalue weighted by Gasteiger charge is -2.32. The van der Waals surface area contributed by atoms with Crippen LogP contribution in [-0.2, 0) is 11.2 Å². The van der Waals surface area contributed by atoms with Crippen molar-refractivity contribution in [3.63, 3.8) is 0 Å². The maximum atomic E-state index is 12.8. The van der Waals surface area contributed by atoms with E-state index in [-0.39, 0.29) is 11.7 Å². The van der Waals surface area contributed by atoms with Crippen molar-refractivity contribution in [1.82, 2.24) is 10.2 Å². The molecule has 4 heteroatoms. The molecule has 1 unspecified atom stereocenters. The summed E-state index contributed by atoms with van der Waals surface area (Å²) in [5.74, 6) is -0.101. The molecule has 3 nitrogen and oxygen atoms in total. The third-order valence-electron chi connectivity index (χ3n) is 4.28. The number of halogens is 1. The van der Waals surface area contributed by atoms with E-state index < -0.39 is 0 Å². The van der Waals surface area contributed by atoms with Crippen molar-refractivity contribution in [3.05, 3.63) is 35.6 Å². The molecule has 1 amide bonds. The number of carbonyl (C=O) groups is 1. The van der Waals surface area contributed by atoms with Crippen LogP contribution in [0.25, 0.3) is 0 Å². The molecule has 1 atom stereocenters. The fourth-order valence-electron chi connectivity index (χ4n) is 2.89. The second-order valence-electron chi connectivity index (χ2n) is 5.90. The molecular weight excluding hydrogens is 267 g/mol. The van der Waals surface area contributed by atoms with Crippen LogP contribution in [0.5, 0.6) is 0 Å². The monoisotopic (exact) mass is 292 g/mol. The Morgan fingerprint density at radius 3 is 2.81 bits per heavy atom. The number of benzene rings is 1. The van der Waals surface area contributed by atoms with Crippen LogP contribution in [0.2, 0.25) is 0 Å². The fourth-order valence-corrected chi connectivity index (χ4v) is 2.89. The molecule has 1 saturated heterocycles. The first-order valence-electron chi connectivity index (χ1n) is 7.86. The van der Waals surface area contributed by atoms with Gasteiger partial charge in [-0.3, -0.25) is 4.79 Å². The molecule has 1 aromatic rings. The Morgan fingerprint density at radius 2 is 2.10 bits per heavy atom. The fraction of sp³-hybridized carbons (Fsp3) is 0.588. The zero-order chi connectivity index (χ0) is 15.1. The van der Waals surface area contributed by atoms with Crippen LogP contribution in [0.4, 0.5) is 4.39 Å². The maximum absolute atomic E-state index is 12.8. The first-order chi connectivity index (χ1) is 10.1. The van der Waals surface area contributed by atoms with E-state index in [1.54, 1.807) is 12.1 Å². The van der Waals surface area contributed by atoms with E-state index in [0.717, 1.165) is 24.9 Å². The van der Waals surface area contributed by atoms with Gasteiger partial charge in [0.15, 0.2) is 0 Å². The van der Waals surface area contributed by atoms with E-state index in [9.17, 15) is 9.18 Å². The van der Waals surface area contributed by atoms with Gasteiger partial charge in [0.25, 0.3) is 0 Å². The standard InChI is InChI=1S/C17H25FN2O/c1-20-13-3-2-4-16(20)9-10-17(21)19-12-11-14-5-7-15(18)8-6-14/h5-8,16H,2-4,9-13H2,1H3,(H,19,21). The van der Waals surface area contributed by atoms with Crippen molar-refractivity contribution in [3.8, 4) is 0 Å². The van der Waals surface area contributed by atoms with Crippen molar-refractivity contribution >= 4 is 5.91 Å². The smallest absolute Gasteiger partial charge is 0.220 e. The number of rotatable bonds is 6. The van der Waals surface area contributed by atoms with Crippen LogP contribution in [0.1, 0.15) is 37.7 Å². The SMILES string of the molecule is CN1CCCCC1CCC(=O)NCCc1ccc(F)cc1. The highest BCUT2D eigenvalue weighted by Crippen LogP contribution is 2.18. The highest BCUT2D eigenvalue weighted by Gasteiger charge is 2.19. The van der Waals surface area contributed by atoms with Gasteiger partial charge in [0.05, 0.1) is 0 Å². The van der Waals surface area contributed by atoms with Gasteiger partial charge in [-0.15, -0.1) is 0 Å². The summed E-state index contributed by atoms with van der Waals surface area (Å²) in [6.45, 7) is 1.77. The zero-order valence-electron chi connectivity index (χ0n) is 12.8. The number of nitrogens with zero attached hydrogens (tertiary/aromatic N) is 1. The van der Waals surface area contributed by atoms with Gasteiger partial charge in [0.2, 0.25) is 5.91 Å². The second-order valence-corrected chi connectivity index (χ2v) is 5.90. The van der Waals surface area contributed by atoms with Crippen molar-refractivity contribution in [2.75, 3.05) is 20.1 Å². The number of amides is 1. The van der Waals surface area contributed by atoms with Gasteiger partial charge in [-0.05, 0) is 57.0 Å². The molecule has 0 saturated carbocycles. The molecule has 1 heterocycles. The maximum Gasteiger partial charge on any atom is 0.220 e. The average Bonchev–Trinajstić information content (AvgIpc) is 2.48. The minimum absolute atomic E-state index is 0.121. The van der Waals surface area contributed by atoms with Crippen LogP contribution in [-0.4, -0.2) is 37.0 Å². The minimum Gasteiger partial charge on any atom is -0.356 e. The third-order valence-corrected chi connectivity index (χ3v) is 4.28. The summed E-state index contributed by atoms with van der Waals surface area (Å²) in [5, 5.41) is 2.95. The van der Waals surface area contributed by atoms with Gasteiger partial charge in [0, 0.05) is 19.0 Å². The van der Waals surface area contributed by atoms with E-state index in [4.69, 9.17) is 0 Å². The summed E-state index contributed by atoms with van der Waals surface area (Å²) < 4.78 is 12.8. The minimum atomic E-state index is -0.223. The van der Waals surface area contributed by atoms with E-state index >= 15 is 0 Å². The van der Waals surface area contributed by atoms with Crippen molar-refractivity contribution in [2.45, 2.75) is 44.6 Å². The van der Waals surface area contributed by atoms with E-state index in [0.29, 0.717) is 19.0 Å². The molecule has 2 rings (SSSR count). The molecule has 1 fully saturated rings. The lowest BCUT2D eigenvalue weighted by molar-refractivity contribution is -0.121. The Balaban J connectivity index is 1.62. The summed E-state index contributed by atoms with van der Waals surface area (Å²) in [7, 11) is 2.15. The molecule has 1 aliphatic heterocycles. The average molecular weight is 292 g/mol. The third kappa shape index (κ3) is 5.46. The van der Waals surface area contributed by atoms with Crippen LogP contribution >= 0.6 is 0 Å². The Hall–Kier alpha value is -1.42. The first kappa shape index (κ1) is 16.0. The molecule has 116 valence electrons. The highest BCUT2D eigenvalue weighted by molar-refractivity contribution is 5.75. The predicted octanol–water partition coefficient (Wildman–Crippen LogP) is 2.75. The highest BCUT2D eigenvalue weighted by atomic mass is 19.1. The zero-order valence-corrected chi connectivity index (χ0v) is 12.8. The Bertz CT molecular complexity index is 447. The normalized spacial score (nSPS) is 19.4. The van der Waals surface area contributed by atoms with Gasteiger partial charge >= 0.3 is 0 Å². The summed E-state index contributed by atoms with van der Waals surface area (Å²) in [4.78, 5) is 14.2. The summed E-state index contributed by atoms with van der Waals surface area (Å²) in [6, 6.07) is 6.99. The quantitative estimate of drug-likeness (QED) is 0.874. The molecule has 1 aliphatic rings. The molecule has 0 aliphatic carbocycles. The van der Waals surface area contributed by atoms with Gasteiger partial charge in [-0.1, -0.05) is 18.6 Å². The van der Waals surface area contributed by atoms with E-state index in [1.165, 1.54) is 31.4 Å². The Morgan fingerprint density at radius 1 is 1.33 bits per heavy atom. The summed E-state index contributed by atoms with van der Waals surface area (Å²) >= 11 is 0. The number of piperidine rings is 1. The van der Waals surface area contributed by atoms with Crippen LogP contribution in [0.3, 0.4) is 0 Å². The van der Waals surface area contributed by atoms with Gasteiger partial charge in [-0.2, -0.15) is 0 Å². The number of carbonyl (C=O) groups excluding carboxylic acids is 1. The molecular formula is C17H25FN2O. The Labute approximate surface area is 126 Å². The Kier molecular flexibility index (Phi) is 6.18. The first-order valence-corrected chi connectivity index (χ1v) is 7.86. The predicted molar refractivity (Wildman–Crippen MR) is 82.6 cm³/mol. The van der Waals surface area contributed by atoms with Gasteiger partial charge in [-0.25, -0.2) is 4.39 Å². The summed E-state index contributed by atoms with van der Waals surface area (Å²) in [6.07, 6.45) is 6.05. The lowest BCUT2D eigenvalue weighted by Crippen LogP contribution is -2.37. The van der Waals surface area contributed by atoms with Crippen molar-refractivity contribution < 1.29 is 9.18 Å². The number of hydrogen-bond donors (Lipinski definition) is 1. The molecule has 0 spiro atoms. The van der Waals surface area contributed by atoms with E-state index in [2.05, 4.69) is 17.3 Å². The molecule has 1 aromatic carbocycles. The largest absolute Gasteiger partial charge is 0.356 e. The lowest BCUT2D eigenvalue weighted by atomic mass is 9.98. The molecule has 21 heavy (non-hydrogen) atoms. The van der Waals surface area contributed by atoms with Gasteiger partial charge in [0.1, 0.15) is 5.82 Å². The van der Waals surface area contributed by atoms with Crippen LogP contribution in [0, 0.1) is 5.82 Å². The molecule has 0 bridgehead atoms. The second kappa shape index (κ2) is 8.13. The molecule has 0 aromatic heterocycles. The van der Waals surface area contributed by atoms with Gasteiger partial charge < -0.3 is 10.2 Å². The summed E-state index contributed by atoms with van der Waals surface area (Å²) in [5.41, 5.74) is 1.05. The number of nitrogens with one attached hydrogen (secondary N) is 1. The van der Waals surface area contributed by atoms with Crippen molar-refractivity contribution in [2.24, 2.45) is 0 Å².